The molecule has 2 aromatic carbocycles. The Bertz CT molecular complexity index is 570. The number of para-hydroxylation sites is 1. The van der Waals surface area contributed by atoms with E-state index in [0.29, 0.717) is 22.8 Å². The highest BCUT2D eigenvalue weighted by molar-refractivity contribution is 6.01. The number of amides is 2. The minimum absolute atomic E-state index is 0.344. The van der Waals surface area contributed by atoms with Crippen molar-refractivity contribution in [1.82, 2.24) is 0 Å². The first kappa shape index (κ1) is 12.8. The van der Waals surface area contributed by atoms with Gasteiger partial charge >= 0.3 is 6.03 Å². The van der Waals surface area contributed by atoms with E-state index in [9.17, 15) is 4.79 Å². The molecule has 5 nitrogen and oxygen atoms in total. The van der Waals surface area contributed by atoms with Crippen LogP contribution < -0.4 is 21.1 Å². The minimum atomic E-state index is -0.344. The monoisotopic (exact) mass is 257 g/mol. The number of methoxy groups -OCH3 is 1. The molecule has 2 rings (SSSR count). The summed E-state index contributed by atoms with van der Waals surface area (Å²) < 4.78 is 5.04. The third-order valence-corrected chi connectivity index (χ3v) is 2.54. The summed E-state index contributed by atoms with van der Waals surface area (Å²) in [4.78, 5) is 11.8. The van der Waals surface area contributed by atoms with Crippen molar-refractivity contribution >= 4 is 23.1 Å². The lowest BCUT2D eigenvalue weighted by Crippen LogP contribution is -2.20. The van der Waals surface area contributed by atoms with Gasteiger partial charge < -0.3 is 21.1 Å². The summed E-state index contributed by atoms with van der Waals surface area (Å²) in [6, 6.07) is 13.9. The summed E-state index contributed by atoms with van der Waals surface area (Å²) in [5.74, 6) is 0.645. The predicted octanol–water partition coefficient (Wildman–Crippen LogP) is 2.92. The van der Waals surface area contributed by atoms with E-state index in [2.05, 4.69) is 10.6 Å². The van der Waals surface area contributed by atoms with Crippen LogP contribution in [0, 0.1) is 0 Å². The first-order valence-electron chi connectivity index (χ1n) is 5.75. The highest BCUT2D eigenvalue weighted by Crippen LogP contribution is 2.24. The van der Waals surface area contributed by atoms with Crippen molar-refractivity contribution in [3.63, 3.8) is 0 Å². The molecule has 19 heavy (non-hydrogen) atoms. The number of nitrogens with two attached hydrogens (primary N) is 1. The topological polar surface area (TPSA) is 76.4 Å². The lowest BCUT2D eigenvalue weighted by molar-refractivity contribution is 0.262. The van der Waals surface area contributed by atoms with Crippen LogP contribution in [0.25, 0.3) is 0 Å². The molecule has 0 aliphatic heterocycles. The molecule has 0 saturated heterocycles. The van der Waals surface area contributed by atoms with Gasteiger partial charge in [-0.1, -0.05) is 18.2 Å². The second-order valence-electron chi connectivity index (χ2n) is 3.90. The maximum atomic E-state index is 11.8. The third-order valence-electron chi connectivity index (χ3n) is 2.54. The number of hydrogen-bond donors (Lipinski definition) is 3. The van der Waals surface area contributed by atoms with E-state index >= 15 is 0 Å². The lowest BCUT2D eigenvalue weighted by atomic mass is 10.2. The van der Waals surface area contributed by atoms with Gasteiger partial charge in [0, 0.05) is 11.8 Å². The Balaban J connectivity index is 2.03. The van der Waals surface area contributed by atoms with Crippen LogP contribution in [-0.4, -0.2) is 13.1 Å². The first-order valence-corrected chi connectivity index (χ1v) is 5.75. The Morgan fingerprint density at radius 3 is 2.47 bits per heavy atom. The van der Waals surface area contributed by atoms with E-state index in [1.807, 2.05) is 18.2 Å². The Morgan fingerprint density at radius 2 is 1.84 bits per heavy atom. The second kappa shape index (κ2) is 5.77. The van der Waals surface area contributed by atoms with Crippen LogP contribution in [0.2, 0.25) is 0 Å². The van der Waals surface area contributed by atoms with E-state index < -0.39 is 0 Å². The van der Waals surface area contributed by atoms with Crippen LogP contribution in [0.15, 0.2) is 48.5 Å². The summed E-state index contributed by atoms with van der Waals surface area (Å²) in [7, 11) is 1.56. The number of carbonyl (C=O) groups excluding carboxylic acids is 1. The molecule has 0 aliphatic rings. The molecule has 2 aromatic rings. The average Bonchev–Trinajstić information content (AvgIpc) is 2.42. The van der Waals surface area contributed by atoms with Crippen molar-refractivity contribution in [1.29, 1.82) is 0 Å². The number of rotatable bonds is 3. The molecule has 5 heteroatoms. The number of hydrogen-bond acceptors (Lipinski definition) is 3. The van der Waals surface area contributed by atoms with Crippen molar-refractivity contribution in [2.24, 2.45) is 0 Å². The van der Waals surface area contributed by atoms with Gasteiger partial charge in [0.2, 0.25) is 0 Å². The molecule has 0 saturated carbocycles. The lowest BCUT2D eigenvalue weighted by Gasteiger charge is -2.10. The van der Waals surface area contributed by atoms with Crippen LogP contribution in [0.1, 0.15) is 0 Å². The molecular formula is C14H15N3O2. The number of carbonyl (C=O) groups is 1. The molecule has 0 atom stereocenters. The summed E-state index contributed by atoms with van der Waals surface area (Å²) in [6.45, 7) is 0. The maximum Gasteiger partial charge on any atom is 0.323 e. The Labute approximate surface area is 111 Å². The minimum Gasteiger partial charge on any atom is -0.497 e. The Hall–Kier alpha value is -2.69. The molecule has 0 aromatic heterocycles. The van der Waals surface area contributed by atoms with Crippen LogP contribution in [-0.2, 0) is 0 Å². The number of nitrogens with one attached hydrogen (secondary N) is 2. The van der Waals surface area contributed by atoms with Crippen molar-refractivity contribution in [2.45, 2.75) is 0 Å². The van der Waals surface area contributed by atoms with Gasteiger partial charge in [0.05, 0.1) is 18.5 Å². The number of benzene rings is 2. The molecule has 0 aliphatic carbocycles. The fourth-order valence-electron chi connectivity index (χ4n) is 1.59. The van der Waals surface area contributed by atoms with Crippen LogP contribution in [0.5, 0.6) is 5.75 Å². The molecule has 0 unspecified atom stereocenters. The van der Waals surface area contributed by atoms with Gasteiger partial charge in [-0.15, -0.1) is 0 Å². The highest BCUT2D eigenvalue weighted by atomic mass is 16.5. The van der Waals surface area contributed by atoms with E-state index in [0.717, 1.165) is 0 Å². The number of anilines is 3. The molecule has 0 bridgehead atoms. The van der Waals surface area contributed by atoms with Crippen molar-refractivity contribution < 1.29 is 9.53 Å². The summed E-state index contributed by atoms with van der Waals surface area (Å²) in [5, 5.41) is 5.39. The fraction of sp³-hybridized carbons (Fsp3) is 0.0714. The SMILES string of the molecule is COc1ccc(NC(=O)Nc2ccccc2)c(N)c1. The van der Waals surface area contributed by atoms with Crippen molar-refractivity contribution in [3.05, 3.63) is 48.5 Å². The van der Waals surface area contributed by atoms with Gasteiger partial charge in [-0.2, -0.15) is 0 Å². The summed E-state index contributed by atoms with van der Waals surface area (Å²) in [6.07, 6.45) is 0. The van der Waals surface area contributed by atoms with Crippen molar-refractivity contribution in [2.75, 3.05) is 23.5 Å². The molecule has 0 radical (unpaired) electrons. The smallest absolute Gasteiger partial charge is 0.323 e. The van der Waals surface area contributed by atoms with Gasteiger partial charge in [-0.25, -0.2) is 4.79 Å². The predicted molar refractivity (Wildman–Crippen MR) is 76.5 cm³/mol. The second-order valence-corrected chi connectivity index (χ2v) is 3.90. The highest BCUT2D eigenvalue weighted by Gasteiger charge is 2.06. The van der Waals surface area contributed by atoms with Gasteiger partial charge in [0.1, 0.15) is 5.75 Å². The molecule has 4 N–H and O–H groups in total. The van der Waals surface area contributed by atoms with E-state index in [1.54, 1.807) is 37.4 Å². The molecule has 0 fully saturated rings. The summed E-state index contributed by atoms with van der Waals surface area (Å²) >= 11 is 0. The summed E-state index contributed by atoms with van der Waals surface area (Å²) in [5.41, 5.74) is 7.51. The zero-order valence-electron chi connectivity index (χ0n) is 10.5. The van der Waals surface area contributed by atoms with Gasteiger partial charge in [0.25, 0.3) is 0 Å². The van der Waals surface area contributed by atoms with Gasteiger partial charge in [-0.05, 0) is 24.3 Å². The fourth-order valence-corrected chi connectivity index (χ4v) is 1.59. The van der Waals surface area contributed by atoms with Crippen LogP contribution >= 0.6 is 0 Å². The third kappa shape index (κ3) is 3.38. The zero-order valence-corrected chi connectivity index (χ0v) is 10.5. The average molecular weight is 257 g/mol. The van der Waals surface area contributed by atoms with Gasteiger partial charge in [0.15, 0.2) is 0 Å². The molecule has 0 heterocycles. The number of ether oxygens (including phenoxy) is 1. The van der Waals surface area contributed by atoms with E-state index in [1.165, 1.54) is 0 Å². The Kier molecular flexibility index (Phi) is 3.87. The molecule has 98 valence electrons. The van der Waals surface area contributed by atoms with Crippen LogP contribution in [0.3, 0.4) is 0 Å². The van der Waals surface area contributed by atoms with Crippen LogP contribution in [0.4, 0.5) is 21.9 Å². The van der Waals surface area contributed by atoms with E-state index in [4.69, 9.17) is 10.5 Å². The normalized spacial score (nSPS) is 9.74. The van der Waals surface area contributed by atoms with Crippen molar-refractivity contribution in [3.8, 4) is 5.75 Å². The van der Waals surface area contributed by atoms with E-state index in [-0.39, 0.29) is 6.03 Å². The first-order chi connectivity index (χ1) is 9.19. The molecule has 2 amide bonds. The Morgan fingerprint density at radius 1 is 1.11 bits per heavy atom. The zero-order chi connectivity index (χ0) is 13.7. The standard InChI is InChI=1S/C14H15N3O2/c1-19-11-7-8-13(12(15)9-11)17-14(18)16-10-5-3-2-4-6-10/h2-9H,15H2,1H3,(H2,16,17,18). The largest absolute Gasteiger partial charge is 0.497 e. The molecular weight excluding hydrogens is 242 g/mol. The maximum absolute atomic E-state index is 11.8. The number of nitrogen functional groups attached to an aromatic ring is 1. The quantitative estimate of drug-likeness (QED) is 0.740. The number of urea groups is 1. The van der Waals surface area contributed by atoms with Gasteiger partial charge in [-0.3, -0.25) is 0 Å². The molecule has 0 spiro atoms.